The molecule has 5 rings (SSSR count). The van der Waals surface area contributed by atoms with Gasteiger partial charge in [0.05, 0.1) is 30.0 Å². The molecule has 0 spiro atoms. The minimum atomic E-state index is -1.33. The minimum Gasteiger partial charge on any atom is -0.478 e. The fraction of sp³-hybridized carbons (Fsp3) is 0.172. The normalized spacial score (nSPS) is 15.0. The monoisotopic (exact) mass is 521 g/mol. The molecule has 1 aromatic heterocycles. The van der Waals surface area contributed by atoms with Crippen LogP contribution in [-0.4, -0.2) is 29.3 Å². The fourth-order valence-corrected chi connectivity index (χ4v) is 4.63. The Kier molecular flexibility index (Phi) is 7.02. The van der Waals surface area contributed by atoms with Crippen molar-refractivity contribution in [1.29, 1.82) is 0 Å². The van der Waals surface area contributed by atoms with Gasteiger partial charge in [0.1, 0.15) is 0 Å². The molecule has 1 fully saturated rings. The number of ether oxygens (including phenoxy) is 2. The largest absolute Gasteiger partial charge is 0.478 e. The van der Waals surface area contributed by atoms with E-state index in [1.54, 1.807) is 0 Å². The van der Waals surface area contributed by atoms with Crippen LogP contribution in [0.15, 0.2) is 66.7 Å². The first kappa shape index (κ1) is 25.0. The number of hydrogen-bond acceptors (Lipinski definition) is 4. The number of halogens is 3. The van der Waals surface area contributed by atoms with E-state index in [4.69, 9.17) is 21.1 Å². The molecule has 1 N–H and O–H groups in total. The third-order valence-corrected chi connectivity index (χ3v) is 6.54. The molecule has 0 aliphatic carbocycles. The molecule has 2 heterocycles. The van der Waals surface area contributed by atoms with E-state index in [1.165, 1.54) is 0 Å². The van der Waals surface area contributed by atoms with Crippen LogP contribution in [0.3, 0.4) is 0 Å². The van der Waals surface area contributed by atoms with Gasteiger partial charge in [0.25, 0.3) is 0 Å². The number of aromatic carboxylic acids is 1. The molecule has 0 atom stereocenters. The maximum atomic E-state index is 13.9. The van der Waals surface area contributed by atoms with E-state index in [9.17, 15) is 18.7 Å². The topological polar surface area (TPSA) is 68.7 Å². The van der Waals surface area contributed by atoms with Crippen molar-refractivity contribution in [2.45, 2.75) is 18.6 Å². The molecule has 8 heteroatoms. The van der Waals surface area contributed by atoms with E-state index in [0.717, 1.165) is 33.8 Å². The Morgan fingerprint density at radius 2 is 1.76 bits per heavy atom. The first-order valence-electron chi connectivity index (χ1n) is 11.7. The van der Waals surface area contributed by atoms with Crippen LogP contribution >= 0.6 is 11.6 Å². The van der Waals surface area contributed by atoms with Gasteiger partial charge in [-0.05, 0) is 60.0 Å². The smallest absolute Gasteiger partial charge is 0.336 e. The average molecular weight is 522 g/mol. The number of hydrogen-bond donors (Lipinski definition) is 1. The SMILES string of the molecule is O=C(O)c1cc(F)c(F)cc1CCC1(c2cccc(/C=C/c3ccc4ccc(Cl)cc4n3)c2)OCCO1. The van der Waals surface area contributed by atoms with Crippen LogP contribution in [0.4, 0.5) is 8.78 Å². The third-order valence-electron chi connectivity index (χ3n) is 6.30. The van der Waals surface area contributed by atoms with Crippen molar-refractivity contribution < 1.29 is 28.2 Å². The summed E-state index contributed by atoms with van der Waals surface area (Å²) in [5.74, 6) is -4.76. The summed E-state index contributed by atoms with van der Waals surface area (Å²) in [5.41, 5.74) is 3.07. The zero-order valence-corrected chi connectivity index (χ0v) is 20.3. The van der Waals surface area contributed by atoms with Crippen LogP contribution in [0.1, 0.15) is 39.2 Å². The number of pyridine rings is 1. The van der Waals surface area contributed by atoms with Crippen LogP contribution < -0.4 is 0 Å². The third kappa shape index (κ3) is 5.39. The maximum absolute atomic E-state index is 13.9. The fourth-order valence-electron chi connectivity index (χ4n) is 4.46. The highest BCUT2D eigenvalue weighted by molar-refractivity contribution is 6.31. The molecule has 1 aliphatic heterocycles. The van der Waals surface area contributed by atoms with Gasteiger partial charge in [-0.25, -0.2) is 18.6 Å². The van der Waals surface area contributed by atoms with E-state index in [0.29, 0.717) is 24.3 Å². The molecule has 0 unspecified atom stereocenters. The molecule has 0 radical (unpaired) electrons. The highest BCUT2D eigenvalue weighted by Gasteiger charge is 2.38. The van der Waals surface area contributed by atoms with Crippen LogP contribution in [0.5, 0.6) is 0 Å². The molecule has 0 saturated carbocycles. The zero-order chi connectivity index (χ0) is 26.0. The summed E-state index contributed by atoms with van der Waals surface area (Å²) in [6.45, 7) is 0.709. The van der Waals surface area contributed by atoms with Gasteiger partial charge in [0, 0.05) is 22.4 Å². The predicted molar refractivity (Wildman–Crippen MR) is 137 cm³/mol. The molecule has 3 aromatic carbocycles. The first-order chi connectivity index (χ1) is 17.8. The lowest BCUT2D eigenvalue weighted by Gasteiger charge is -2.28. The summed E-state index contributed by atoms with van der Waals surface area (Å²) in [5, 5.41) is 11.1. The van der Waals surface area contributed by atoms with Gasteiger partial charge in [-0.1, -0.05) is 48.0 Å². The molecule has 188 valence electrons. The van der Waals surface area contributed by atoms with Gasteiger partial charge in [-0.3, -0.25) is 0 Å². The molecular formula is C29H22ClF2NO4. The second-order valence-corrected chi connectivity index (χ2v) is 9.15. The van der Waals surface area contributed by atoms with Crippen LogP contribution in [0.2, 0.25) is 5.02 Å². The summed E-state index contributed by atoms with van der Waals surface area (Å²) < 4.78 is 39.5. The highest BCUT2D eigenvalue weighted by atomic mass is 35.5. The lowest BCUT2D eigenvalue weighted by molar-refractivity contribution is -0.170. The molecule has 0 amide bonds. The molecule has 37 heavy (non-hydrogen) atoms. The van der Waals surface area contributed by atoms with Crippen molar-refractivity contribution in [1.82, 2.24) is 4.98 Å². The van der Waals surface area contributed by atoms with Crippen molar-refractivity contribution in [3.05, 3.63) is 111 Å². The molecule has 5 nitrogen and oxygen atoms in total. The number of carboxylic acids is 1. The number of aryl methyl sites for hydroxylation is 1. The van der Waals surface area contributed by atoms with E-state index in [1.807, 2.05) is 66.7 Å². The second-order valence-electron chi connectivity index (χ2n) is 8.71. The van der Waals surface area contributed by atoms with Gasteiger partial charge in [-0.2, -0.15) is 0 Å². The Morgan fingerprint density at radius 1 is 1.00 bits per heavy atom. The number of carboxylic acid groups (broad SMARTS) is 1. The standard InChI is InChI=1S/C29H22ClF2NO4/c30-22-7-5-19-6-9-23(33-27(19)16-22)8-4-18-2-1-3-21(14-18)29(36-12-13-37-29)11-10-20-15-25(31)26(32)17-24(20)28(34)35/h1-9,14-17H,10-13H2,(H,34,35)/b8-4+. The molecule has 1 saturated heterocycles. The first-order valence-corrected chi connectivity index (χ1v) is 12.0. The number of benzene rings is 3. The lowest BCUT2D eigenvalue weighted by Crippen LogP contribution is -2.28. The van der Waals surface area contributed by atoms with Crippen molar-refractivity contribution in [2.24, 2.45) is 0 Å². The molecule has 1 aliphatic rings. The number of rotatable bonds is 7. The van der Waals surface area contributed by atoms with Crippen molar-refractivity contribution >= 4 is 40.6 Å². The quantitative estimate of drug-likeness (QED) is 0.287. The van der Waals surface area contributed by atoms with Gasteiger partial charge < -0.3 is 14.6 Å². The highest BCUT2D eigenvalue weighted by Crippen LogP contribution is 2.37. The Morgan fingerprint density at radius 3 is 2.54 bits per heavy atom. The molecule has 0 bridgehead atoms. The van der Waals surface area contributed by atoms with Gasteiger partial charge >= 0.3 is 5.97 Å². The summed E-state index contributed by atoms with van der Waals surface area (Å²) in [6.07, 6.45) is 4.15. The van der Waals surface area contributed by atoms with Gasteiger partial charge in [0.15, 0.2) is 17.4 Å². The van der Waals surface area contributed by atoms with Crippen LogP contribution in [-0.2, 0) is 21.7 Å². The zero-order valence-electron chi connectivity index (χ0n) is 19.6. The molecule has 4 aromatic rings. The number of aromatic nitrogens is 1. The van der Waals surface area contributed by atoms with Crippen molar-refractivity contribution in [3.8, 4) is 0 Å². The second kappa shape index (κ2) is 10.4. The van der Waals surface area contributed by atoms with Crippen LogP contribution in [0, 0.1) is 11.6 Å². The summed E-state index contributed by atoms with van der Waals surface area (Å²) in [4.78, 5) is 16.2. The summed E-state index contributed by atoms with van der Waals surface area (Å²) in [7, 11) is 0. The average Bonchev–Trinajstić information content (AvgIpc) is 3.38. The minimum absolute atomic E-state index is 0.114. The number of carbonyl (C=O) groups is 1. The Labute approximate surface area is 216 Å². The van der Waals surface area contributed by atoms with E-state index in [2.05, 4.69) is 4.98 Å². The van der Waals surface area contributed by atoms with Gasteiger partial charge in [-0.15, -0.1) is 0 Å². The van der Waals surface area contributed by atoms with Crippen molar-refractivity contribution in [2.75, 3.05) is 13.2 Å². The maximum Gasteiger partial charge on any atom is 0.336 e. The van der Waals surface area contributed by atoms with E-state index >= 15 is 0 Å². The summed E-state index contributed by atoms with van der Waals surface area (Å²) in [6, 6.07) is 18.7. The predicted octanol–water partition coefficient (Wildman–Crippen LogP) is 6.87. The molecular weight excluding hydrogens is 500 g/mol. The van der Waals surface area contributed by atoms with Crippen molar-refractivity contribution in [3.63, 3.8) is 0 Å². The van der Waals surface area contributed by atoms with E-state index in [-0.39, 0.29) is 24.0 Å². The van der Waals surface area contributed by atoms with Gasteiger partial charge in [0.2, 0.25) is 0 Å². The number of nitrogens with zero attached hydrogens (tertiary/aromatic N) is 1. The number of fused-ring (bicyclic) bond motifs is 1. The van der Waals surface area contributed by atoms with E-state index < -0.39 is 23.4 Å². The Balaban J connectivity index is 1.40. The Hall–Kier alpha value is -3.65. The lowest BCUT2D eigenvalue weighted by atomic mass is 9.94. The Bertz CT molecular complexity index is 1520. The van der Waals surface area contributed by atoms with Crippen LogP contribution in [0.25, 0.3) is 23.1 Å². The summed E-state index contributed by atoms with van der Waals surface area (Å²) >= 11 is 6.09.